The van der Waals surface area contributed by atoms with E-state index >= 15 is 0 Å². The Hall–Kier alpha value is -1.64. The first-order chi connectivity index (χ1) is 8.45. The monoisotopic (exact) mass is 246 g/mol. The van der Waals surface area contributed by atoms with Gasteiger partial charge in [-0.05, 0) is 35.6 Å². The standard InChI is InChI=1S/C15H19FN2/c1-5-15(2,3)13-10-11(16)6-7-12(13)14-17-8-9-18(14)4/h6-10H,5H2,1-4H3. The first-order valence-corrected chi connectivity index (χ1v) is 6.23. The molecule has 0 saturated heterocycles. The van der Waals surface area contributed by atoms with E-state index in [1.165, 1.54) is 6.07 Å². The smallest absolute Gasteiger partial charge is 0.139 e. The van der Waals surface area contributed by atoms with Crippen LogP contribution in [0.1, 0.15) is 32.8 Å². The molecule has 18 heavy (non-hydrogen) atoms. The first kappa shape index (κ1) is 12.8. The van der Waals surface area contributed by atoms with Gasteiger partial charge in [-0.15, -0.1) is 0 Å². The Labute approximate surface area is 107 Å². The SMILES string of the molecule is CCC(C)(C)c1cc(F)ccc1-c1nccn1C. The molecule has 0 aliphatic heterocycles. The van der Waals surface area contributed by atoms with Gasteiger partial charge in [0.2, 0.25) is 0 Å². The van der Waals surface area contributed by atoms with Crippen molar-refractivity contribution in [2.75, 3.05) is 0 Å². The lowest BCUT2D eigenvalue weighted by atomic mass is 9.79. The van der Waals surface area contributed by atoms with E-state index in [1.54, 1.807) is 12.3 Å². The molecule has 2 aromatic rings. The molecular weight excluding hydrogens is 227 g/mol. The number of aromatic nitrogens is 2. The van der Waals surface area contributed by atoms with Crippen LogP contribution < -0.4 is 0 Å². The topological polar surface area (TPSA) is 17.8 Å². The summed E-state index contributed by atoms with van der Waals surface area (Å²) < 4.78 is 15.5. The third-order valence-electron chi connectivity index (χ3n) is 3.66. The van der Waals surface area contributed by atoms with E-state index in [4.69, 9.17) is 0 Å². The van der Waals surface area contributed by atoms with Crippen molar-refractivity contribution >= 4 is 0 Å². The van der Waals surface area contributed by atoms with Gasteiger partial charge in [0.05, 0.1) is 0 Å². The van der Waals surface area contributed by atoms with E-state index in [-0.39, 0.29) is 11.2 Å². The van der Waals surface area contributed by atoms with E-state index < -0.39 is 0 Å². The van der Waals surface area contributed by atoms with E-state index in [0.29, 0.717) is 0 Å². The van der Waals surface area contributed by atoms with Gasteiger partial charge in [-0.2, -0.15) is 0 Å². The summed E-state index contributed by atoms with van der Waals surface area (Å²) in [6.45, 7) is 6.38. The van der Waals surface area contributed by atoms with Crippen LogP contribution in [0.2, 0.25) is 0 Å². The third-order valence-corrected chi connectivity index (χ3v) is 3.66. The van der Waals surface area contributed by atoms with Gasteiger partial charge in [0.15, 0.2) is 0 Å². The summed E-state index contributed by atoms with van der Waals surface area (Å²) in [5.74, 6) is 0.691. The molecule has 2 rings (SSSR count). The van der Waals surface area contributed by atoms with Gasteiger partial charge in [0, 0.05) is 25.0 Å². The molecule has 0 radical (unpaired) electrons. The number of benzene rings is 1. The molecule has 1 heterocycles. The predicted molar refractivity (Wildman–Crippen MR) is 71.9 cm³/mol. The molecule has 3 heteroatoms. The summed E-state index contributed by atoms with van der Waals surface area (Å²) in [5.41, 5.74) is 1.96. The number of nitrogens with zero attached hydrogens (tertiary/aromatic N) is 2. The molecule has 0 saturated carbocycles. The van der Waals surface area contributed by atoms with E-state index in [9.17, 15) is 4.39 Å². The molecule has 96 valence electrons. The maximum Gasteiger partial charge on any atom is 0.139 e. The molecule has 0 fully saturated rings. The second kappa shape index (κ2) is 4.56. The third kappa shape index (κ3) is 2.17. The van der Waals surface area contributed by atoms with Crippen LogP contribution in [0.4, 0.5) is 4.39 Å². The average Bonchev–Trinajstić information content (AvgIpc) is 2.75. The molecule has 0 atom stereocenters. The second-order valence-electron chi connectivity index (χ2n) is 5.29. The zero-order chi connectivity index (χ0) is 13.3. The van der Waals surface area contributed by atoms with Gasteiger partial charge in [-0.25, -0.2) is 9.37 Å². The molecule has 0 spiro atoms. The van der Waals surface area contributed by atoms with Crippen LogP contribution in [0.5, 0.6) is 0 Å². The maximum absolute atomic E-state index is 13.5. The van der Waals surface area contributed by atoms with Gasteiger partial charge in [-0.1, -0.05) is 20.8 Å². The number of rotatable bonds is 3. The van der Waals surface area contributed by atoms with Gasteiger partial charge in [0.25, 0.3) is 0 Å². The average molecular weight is 246 g/mol. The Balaban J connectivity index is 2.65. The fourth-order valence-electron chi connectivity index (χ4n) is 2.09. The fraction of sp³-hybridized carbons (Fsp3) is 0.400. The van der Waals surface area contributed by atoms with Crippen LogP contribution in [0.15, 0.2) is 30.6 Å². The molecule has 1 aromatic carbocycles. The number of aryl methyl sites for hydroxylation is 1. The van der Waals surface area contributed by atoms with Gasteiger partial charge in [-0.3, -0.25) is 0 Å². The van der Waals surface area contributed by atoms with Gasteiger partial charge >= 0.3 is 0 Å². The highest BCUT2D eigenvalue weighted by Crippen LogP contribution is 2.34. The minimum absolute atomic E-state index is 0.0661. The van der Waals surface area contributed by atoms with Crippen molar-refractivity contribution in [1.29, 1.82) is 0 Å². The highest BCUT2D eigenvalue weighted by Gasteiger charge is 2.24. The Morgan fingerprint density at radius 1 is 1.33 bits per heavy atom. The summed E-state index contributed by atoms with van der Waals surface area (Å²) in [5, 5.41) is 0. The van der Waals surface area contributed by atoms with Crippen LogP contribution in [0.3, 0.4) is 0 Å². The summed E-state index contributed by atoms with van der Waals surface area (Å²) in [6.07, 6.45) is 4.62. The second-order valence-corrected chi connectivity index (χ2v) is 5.29. The Kier molecular flexibility index (Phi) is 3.24. The summed E-state index contributed by atoms with van der Waals surface area (Å²) >= 11 is 0. The van der Waals surface area contributed by atoms with Crippen LogP contribution in [-0.4, -0.2) is 9.55 Å². The number of hydrogen-bond donors (Lipinski definition) is 0. The van der Waals surface area contributed by atoms with E-state index in [1.807, 2.05) is 23.9 Å². The maximum atomic E-state index is 13.5. The molecule has 0 amide bonds. The van der Waals surface area contributed by atoms with Crippen LogP contribution in [0, 0.1) is 5.82 Å². The van der Waals surface area contributed by atoms with Crippen molar-refractivity contribution < 1.29 is 4.39 Å². The van der Waals surface area contributed by atoms with Crippen molar-refractivity contribution in [2.24, 2.45) is 7.05 Å². The van der Waals surface area contributed by atoms with Crippen molar-refractivity contribution in [3.63, 3.8) is 0 Å². The fourth-order valence-corrected chi connectivity index (χ4v) is 2.09. The number of halogens is 1. The van der Waals surface area contributed by atoms with E-state index in [2.05, 4.69) is 25.8 Å². The Morgan fingerprint density at radius 2 is 2.06 bits per heavy atom. The molecular formula is C15H19FN2. The predicted octanol–water partition coefficient (Wildman–Crippen LogP) is 3.91. The molecule has 0 aliphatic carbocycles. The summed E-state index contributed by atoms with van der Waals surface area (Å²) in [7, 11) is 1.95. The lowest BCUT2D eigenvalue weighted by molar-refractivity contribution is 0.501. The number of hydrogen-bond acceptors (Lipinski definition) is 1. The normalized spacial score (nSPS) is 11.8. The van der Waals surface area contributed by atoms with Crippen molar-refractivity contribution in [3.8, 4) is 11.4 Å². The minimum Gasteiger partial charge on any atom is -0.334 e. The van der Waals surface area contributed by atoms with Gasteiger partial charge < -0.3 is 4.57 Å². The zero-order valence-electron chi connectivity index (χ0n) is 11.4. The van der Waals surface area contributed by atoms with Crippen molar-refractivity contribution in [3.05, 3.63) is 42.0 Å². The van der Waals surface area contributed by atoms with Crippen molar-refractivity contribution in [1.82, 2.24) is 9.55 Å². The molecule has 0 unspecified atom stereocenters. The lowest BCUT2D eigenvalue weighted by Crippen LogP contribution is -2.17. The molecule has 0 aliphatic rings. The highest BCUT2D eigenvalue weighted by molar-refractivity contribution is 5.62. The Bertz CT molecular complexity index is 555. The summed E-state index contributed by atoms with van der Waals surface area (Å²) in [6, 6.07) is 4.96. The Morgan fingerprint density at radius 3 is 2.61 bits per heavy atom. The van der Waals surface area contributed by atoms with Crippen LogP contribution >= 0.6 is 0 Å². The molecule has 1 aromatic heterocycles. The van der Waals surface area contributed by atoms with Crippen LogP contribution in [0.25, 0.3) is 11.4 Å². The molecule has 2 nitrogen and oxygen atoms in total. The first-order valence-electron chi connectivity index (χ1n) is 6.23. The highest BCUT2D eigenvalue weighted by atomic mass is 19.1. The molecule has 0 bridgehead atoms. The van der Waals surface area contributed by atoms with Crippen LogP contribution in [-0.2, 0) is 12.5 Å². The zero-order valence-corrected chi connectivity index (χ0v) is 11.4. The quantitative estimate of drug-likeness (QED) is 0.802. The number of imidazole rings is 1. The van der Waals surface area contributed by atoms with E-state index in [0.717, 1.165) is 23.4 Å². The minimum atomic E-state index is -0.190. The van der Waals surface area contributed by atoms with Gasteiger partial charge in [0.1, 0.15) is 11.6 Å². The largest absolute Gasteiger partial charge is 0.334 e. The van der Waals surface area contributed by atoms with Crippen molar-refractivity contribution in [2.45, 2.75) is 32.6 Å². The molecule has 0 N–H and O–H groups in total. The lowest BCUT2D eigenvalue weighted by Gasteiger charge is -2.26. The summed E-state index contributed by atoms with van der Waals surface area (Å²) in [4.78, 5) is 4.36.